The van der Waals surface area contributed by atoms with Gasteiger partial charge in [0.1, 0.15) is 0 Å². The summed E-state index contributed by atoms with van der Waals surface area (Å²) in [7, 11) is 1.86. The third-order valence-electron chi connectivity index (χ3n) is 3.72. The van der Waals surface area contributed by atoms with Crippen LogP contribution in [0.25, 0.3) is 0 Å². The first-order chi connectivity index (χ1) is 8.58. The Balaban J connectivity index is 2.06. The van der Waals surface area contributed by atoms with E-state index in [-0.39, 0.29) is 11.9 Å². The maximum atomic E-state index is 12.4. The van der Waals surface area contributed by atoms with E-state index in [1.807, 2.05) is 31.3 Å². The Kier molecular flexibility index (Phi) is 4.02. The molecule has 3 heteroatoms. The minimum Gasteiger partial charge on any atom is -0.314 e. The average molecular weight is 246 g/mol. The van der Waals surface area contributed by atoms with Crippen LogP contribution in [0.4, 0.5) is 5.69 Å². The van der Waals surface area contributed by atoms with E-state index in [1.54, 1.807) is 4.90 Å². The first-order valence-electron chi connectivity index (χ1n) is 6.65. The van der Waals surface area contributed by atoms with Crippen LogP contribution in [-0.4, -0.2) is 25.5 Å². The number of likely N-dealkylation sites (N-methyl/N-ethyl adjacent to an activating group) is 1. The summed E-state index contributed by atoms with van der Waals surface area (Å²) in [5, 5.41) is 3.32. The summed E-state index contributed by atoms with van der Waals surface area (Å²) >= 11 is 0. The highest BCUT2D eigenvalue weighted by Gasteiger charge is 2.27. The Morgan fingerprint density at radius 3 is 2.61 bits per heavy atom. The third kappa shape index (κ3) is 2.91. The molecule has 98 valence electrons. The van der Waals surface area contributed by atoms with Gasteiger partial charge in [-0.2, -0.15) is 0 Å². The summed E-state index contributed by atoms with van der Waals surface area (Å²) in [6.07, 6.45) is 2.10. The quantitative estimate of drug-likeness (QED) is 0.868. The molecule has 0 aliphatic carbocycles. The third-order valence-corrected chi connectivity index (χ3v) is 3.72. The summed E-state index contributed by atoms with van der Waals surface area (Å²) in [6, 6.07) is 8.05. The number of nitrogens with one attached hydrogen (secondary N) is 1. The second-order valence-electron chi connectivity index (χ2n) is 5.37. The number of anilines is 1. The Labute approximate surface area is 109 Å². The summed E-state index contributed by atoms with van der Waals surface area (Å²) < 4.78 is 0. The van der Waals surface area contributed by atoms with Crippen LogP contribution in [0.2, 0.25) is 0 Å². The molecule has 0 saturated carbocycles. The van der Waals surface area contributed by atoms with Crippen LogP contribution in [0.5, 0.6) is 0 Å². The molecule has 18 heavy (non-hydrogen) atoms. The van der Waals surface area contributed by atoms with Crippen molar-refractivity contribution in [3.63, 3.8) is 0 Å². The normalized spacial score (nSPS) is 23.7. The Hall–Kier alpha value is -1.35. The molecule has 0 radical (unpaired) electrons. The van der Waals surface area contributed by atoms with Gasteiger partial charge in [-0.1, -0.05) is 24.6 Å². The number of carbonyl (C=O) groups is 1. The van der Waals surface area contributed by atoms with Gasteiger partial charge in [0.2, 0.25) is 5.91 Å². The van der Waals surface area contributed by atoms with Crippen LogP contribution < -0.4 is 10.2 Å². The minimum absolute atomic E-state index is 0.0277. The van der Waals surface area contributed by atoms with Crippen molar-refractivity contribution in [2.24, 2.45) is 5.92 Å². The SMILES string of the molecule is Cc1ccc(N(C)C(=O)C2CC(C)CCN2)cc1. The monoisotopic (exact) mass is 246 g/mol. The molecule has 1 aliphatic heterocycles. The van der Waals surface area contributed by atoms with Gasteiger partial charge in [-0.3, -0.25) is 4.79 Å². The molecule has 2 unspecified atom stereocenters. The van der Waals surface area contributed by atoms with E-state index >= 15 is 0 Å². The van der Waals surface area contributed by atoms with Crippen LogP contribution in [0, 0.1) is 12.8 Å². The zero-order valence-electron chi connectivity index (χ0n) is 11.4. The number of hydrogen-bond acceptors (Lipinski definition) is 2. The molecular weight excluding hydrogens is 224 g/mol. The molecule has 2 rings (SSSR count). The van der Waals surface area contributed by atoms with Gasteiger partial charge in [0.05, 0.1) is 6.04 Å². The van der Waals surface area contributed by atoms with Crippen LogP contribution in [-0.2, 0) is 4.79 Å². The molecule has 1 heterocycles. The van der Waals surface area contributed by atoms with E-state index in [4.69, 9.17) is 0 Å². The van der Waals surface area contributed by atoms with Crippen LogP contribution in [0.1, 0.15) is 25.3 Å². The van der Waals surface area contributed by atoms with E-state index < -0.39 is 0 Å². The van der Waals surface area contributed by atoms with Crippen LogP contribution in [0.3, 0.4) is 0 Å². The summed E-state index contributed by atoms with van der Waals surface area (Å²) in [4.78, 5) is 14.2. The number of aryl methyl sites for hydroxylation is 1. The van der Waals surface area contributed by atoms with Crippen LogP contribution >= 0.6 is 0 Å². The zero-order valence-corrected chi connectivity index (χ0v) is 11.4. The van der Waals surface area contributed by atoms with Crippen molar-refractivity contribution in [1.82, 2.24) is 5.32 Å². The van der Waals surface area contributed by atoms with Crippen molar-refractivity contribution in [3.8, 4) is 0 Å². The van der Waals surface area contributed by atoms with Crippen molar-refractivity contribution in [2.45, 2.75) is 32.7 Å². The number of piperidine rings is 1. The van der Waals surface area contributed by atoms with Crippen molar-refractivity contribution in [3.05, 3.63) is 29.8 Å². The number of nitrogens with zero attached hydrogens (tertiary/aromatic N) is 1. The Bertz CT molecular complexity index is 413. The molecule has 1 aromatic rings. The van der Waals surface area contributed by atoms with Gasteiger partial charge in [0, 0.05) is 12.7 Å². The molecular formula is C15H22N2O. The van der Waals surface area contributed by atoms with Crippen molar-refractivity contribution in [2.75, 3.05) is 18.5 Å². The fourth-order valence-electron chi connectivity index (χ4n) is 2.43. The first kappa shape index (κ1) is 13.1. The van der Waals surface area contributed by atoms with E-state index in [0.29, 0.717) is 5.92 Å². The Morgan fingerprint density at radius 1 is 1.33 bits per heavy atom. The van der Waals surface area contributed by atoms with Gasteiger partial charge in [-0.15, -0.1) is 0 Å². The van der Waals surface area contributed by atoms with Gasteiger partial charge >= 0.3 is 0 Å². The highest BCUT2D eigenvalue weighted by molar-refractivity contribution is 5.96. The fraction of sp³-hybridized carbons (Fsp3) is 0.533. The first-order valence-corrected chi connectivity index (χ1v) is 6.65. The maximum absolute atomic E-state index is 12.4. The minimum atomic E-state index is -0.0277. The summed E-state index contributed by atoms with van der Waals surface area (Å²) in [5.74, 6) is 0.803. The number of amides is 1. The molecule has 1 saturated heterocycles. The average Bonchev–Trinajstić information content (AvgIpc) is 2.38. The van der Waals surface area contributed by atoms with Crippen molar-refractivity contribution < 1.29 is 4.79 Å². The lowest BCUT2D eigenvalue weighted by Crippen LogP contribution is -2.49. The van der Waals surface area contributed by atoms with Gasteiger partial charge in [-0.25, -0.2) is 0 Å². The fourth-order valence-corrected chi connectivity index (χ4v) is 2.43. The van der Waals surface area contributed by atoms with Crippen molar-refractivity contribution in [1.29, 1.82) is 0 Å². The summed E-state index contributed by atoms with van der Waals surface area (Å²) in [6.45, 7) is 5.21. The van der Waals surface area contributed by atoms with Gasteiger partial charge in [-0.05, 0) is 44.4 Å². The predicted molar refractivity (Wildman–Crippen MR) is 74.8 cm³/mol. The summed E-state index contributed by atoms with van der Waals surface area (Å²) in [5.41, 5.74) is 2.18. The van der Waals surface area contributed by atoms with Gasteiger partial charge < -0.3 is 10.2 Å². The lowest BCUT2D eigenvalue weighted by atomic mass is 9.93. The molecule has 2 atom stereocenters. The molecule has 0 aromatic heterocycles. The number of rotatable bonds is 2. The molecule has 0 spiro atoms. The zero-order chi connectivity index (χ0) is 13.1. The lowest BCUT2D eigenvalue weighted by Gasteiger charge is -2.30. The van der Waals surface area contributed by atoms with E-state index in [9.17, 15) is 4.79 Å². The standard InChI is InChI=1S/C15H22N2O/c1-11-4-6-13(7-5-11)17(3)15(18)14-10-12(2)8-9-16-14/h4-7,12,14,16H,8-10H2,1-3H3. The molecule has 1 N–H and O–H groups in total. The van der Waals surface area contributed by atoms with E-state index in [2.05, 4.69) is 19.2 Å². The Morgan fingerprint density at radius 2 is 2.00 bits per heavy atom. The molecule has 0 bridgehead atoms. The number of benzene rings is 1. The van der Waals surface area contributed by atoms with Gasteiger partial charge in [0.25, 0.3) is 0 Å². The van der Waals surface area contributed by atoms with Crippen LogP contribution in [0.15, 0.2) is 24.3 Å². The van der Waals surface area contributed by atoms with E-state index in [0.717, 1.165) is 25.1 Å². The topological polar surface area (TPSA) is 32.3 Å². The molecule has 1 amide bonds. The smallest absolute Gasteiger partial charge is 0.243 e. The molecule has 1 aromatic carbocycles. The predicted octanol–water partition coefficient (Wildman–Crippen LogP) is 2.35. The van der Waals surface area contributed by atoms with E-state index in [1.165, 1.54) is 5.56 Å². The highest BCUT2D eigenvalue weighted by Crippen LogP contribution is 2.19. The molecule has 1 aliphatic rings. The lowest BCUT2D eigenvalue weighted by molar-refractivity contribution is -0.121. The highest BCUT2D eigenvalue weighted by atomic mass is 16.2. The maximum Gasteiger partial charge on any atom is 0.243 e. The largest absolute Gasteiger partial charge is 0.314 e. The van der Waals surface area contributed by atoms with Gasteiger partial charge in [0.15, 0.2) is 0 Å². The second kappa shape index (κ2) is 5.53. The van der Waals surface area contributed by atoms with Crippen molar-refractivity contribution >= 4 is 11.6 Å². The second-order valence-corrected chi connectivity index (χ2v) is 5.37. The number of carbonyl (C=O) groups excluding carboxylic acids is 1. The number of hydrogen-bond donors (Lipinski definition) is 1. The molecule has 1 fully saturated rings. The molecule has 3 nitrogen and oxygen atoms in total.